The second kappa shape index (κ2) is 3.41. The molecule has 0 aliphatic carbocycles. The van der Waals surface area contributed by atoms with Crippen molar-refractivity contribution in [2.45, 2.75) is 0 Å². The Morgan fingerprint density at radius 2 is 2.22 bits per heavy atom. The van der Waals surface area contributed by atoms with Crippen molar-refractivity contribution in [2.24, 2.45) is 0 Å². The number of methoxy groups -OCH3 is 1. The van der Waals surface area contributed by atoms with E-state index in [2.05, 4.69) is 4.74 Å². The molecule has 9 heavy (non-hydrogen) atoms. The maximum atomic E-state index is 10.3. The summed E-state index contributed by atoms with van der Waals surface area (Å²) < 4.78 is 24.4. The van der Waals surface area contributed by atoms with E-state index in [4.69, 9.17) is 0 Å². The lowest BCUT2D eigenvalue weighted by molar-refractivity contribution is 0.154. The van der Waals surface area contributed by atoms with E-state index < -0.39 is 17.4 Å². The van der Waals surface area contributed by atoms with Crippen LogP contribution in [0.25, 0.3) is 0 Å². The molecule has 0 spiro atoms. The quantitative estimate of drug-likeness (QED) is 0.474. The molecular weight excluding hydrogens is 146 g/mol. The van der Waals surface area contributed by atoms with Crippen molar-refractivity contribution in [3.8, 4) is 0 Å². The minimum Gasteiger partial charge on any atom is -0.755 e. The third-order valence-electron chi connectivity index (χ3n) is 0.655. The lowest BCUT2D eigenvalue weighted by Gasteiger charge is -2.16. The van der Waals surface area contributed by atoms with E-state index in [0.717, 1.165) is 14.2 Å². The number of amides is 1. The minimum absolute atomic E-state index is 0.444. The molecular formula is C3H6NO4S-. The van der Waals surface area contributed by atoms with Gasteiger partial charge in [-0.05, 0) is 0 Å². The summed E-state index contributed by atoms with van der Waals surface area (Å²) in [4.78, 5) is 10.3. The molecule has 0 aromatic heterocycles. The van der Waals surface area contributed by atoms with Gasteiger partial charge in [-0.1, -0.05) is 0 Å². The smallest absolute Gasteiger partial charge is 0.420 e. The first-order valence-corrected chi connectivity index (χ1v) is 3.04. The van der Waals surface area contributed by atoms with E-state index in [1.807, 2.05) is 0 Å². The lowest BCUT2D eigenvalue weighted by atomic mass is 11.1. The van der Waals surface area contributed by atoms with Crippen LogP contribution in [0.5, 0.6) is 0 Å². The Labute approximate surface area is 55.0 Å². The molecule has 0 aromatic rings. The van der Waals surface area contributed by atoms with Gasteiger partial charge in [0, 0.05) is 7.05 Å². The number of rotatable bonds is 1. The van der Waals surface area contributed by atoms with E-state index in [0.29, 0.717) is 4.31 Å². The molecule has 0 aliphatic rings. The zero-order valence-corrected chi connectivity index (χ0v) is 5.80. The summed E-state index contributed by atoms with van der Waals surface area (Å²) in [5.74, 6) is 0. The summed E-state index contributed by atoms with van der Waals surface area (Å²) in [6.45, 7) is 0. The van der Waals surface area contributed by atoms with Crippen LogP contribution in [-0.2, 0) is 16.0 Å². The van der Waals surface area contributed by atoms with Crippen LogP contribution >= 0.6 is 0 Å². The Morgan fingerprint density at radius 3 is 2.33 bits per heavy atom. The van der Waals surface area contributed by atoms with Gasteiger partial charge in [0.2, 0.25) is 0 Å². The van der Waals surface area contributed by atoms with Gasteiger partial charge in [0.05, 0.1) is 18.4 Å². The third kappa shape index (κ3) is 2.43. The molecule has 0 heterocycles. The van der Waals surface area contributed by atoms with E-state index in [1.54, 1.807) is 0 Å². The first kappa shape index (κ1) is 8.38. The van der Waals surface area contributed by atoms with Gasteiger partial charge < -0.3 is 9.29 Å². The van der Waals surface area contributed by atoms with Crippen LogP contribution in [0.3, 0.4) is 0 Å². The zero-order valence-electron chi connectivity index (χ0n) is 4.99. The number of nitrogens with zero attached hydrogens (tertiary/aromatic N) is 1. The predicted octanol–water partition coefficient (Wildman–Crippen LogP) is -0.521. The van der Waals surface area contributed by atoms with Gasteiger partial charge >= 0.3 is 6.09 Å². The summed E-state index contributed by atoms with van der Waals surface area (Å²) in [5, 5.41) is 0. The first-order valence-electron chi connectivity index (χ1n) is 2.00. The molecule has 54 valence electrons. The fraction of sp³-hybridized carbons (Fsp3) is 0.667. The summed E-state index contributed by atoms with van der Waals surface area (Å²) >= 11 is -2.53. The predicted molar refractivity (Wildman–Crippen MR) is 29.1 cm³/mol. The average molecular weight is 152 g/mol. The second-order valence-electron chi connectivity index (χ2n) is 1.18. The minimum atomic E-state index is -2.53. The number of hydrogen-bond acceptors (Lipinski definition) is 4. The third-order valence-corrected chi connectivity index (χ3v) is 1.25. The van der Waals surface area contributed by atoms with Crippen molar-refractivity contribution in [2.75, 3.05) is 14.2 Å². The van der Waals surface area contributed by atoms with Crippen molar-refractivity contribution in [1.29, 1.82) is 0 Å². The van der Waals surface area contributed by atoms with Gasteiger partial charge in [0.1, 0.15) is 0 Å². The van der Waals surface area contributed by atoms with E-state index in [-0.39, 0.29) is 0 Å². The molecule has 0 N–H and O–H groups in total. The SMILES string of the molecule is COC(=O)N(C)S(=O)[O-]. The van der Waals surface area contributed by atoms with Crippen LogP contribution in [0, 0.1) is 0 Å². The maximum absolute atomic E-state index is 10.3. The normalized spacial score (nSPS) is 12.3. The highest BCUT2D eigenvalue weighted by Crippen LogP contribution is 1.89. The van der Waals surface area contributed by atoms with E-state index in [1.165, 1.54) is 0 Å². The molecule has 6 heteroatoms. The van der Waals surface area contributed by atoms with Gasteiger partial charge in [-0.15, -0.1) is 0 Å². The van der Waals surface area contributed by atoms with E-state index in [9.17, 15) is 13.6 Å². The van der Waals surface area contributed by atoms with Gasteiger partial charge in [-0.3, -0.25) is 4.21 Å². The van der Waals surface area contributed by atoms with Crippen LogP contribution in [0.4, 0.5) is 4.79 Å². The molecule has 5 nitrogen and oxygen atoms in total. The Morgan fingerprint density at radius 1 is 1.78 bits per heavy atom. The molecule has 0 aromatic carbocycles. The lowest BCUT2D eigenvalue weighted by Crippen LogP contribution is -2.27. The van der Waals surface area contributed by atoms with Crippen molar-refractivity contribution < 1.29 is 18.3 Å². The monoisotopic (exact) mass is 152 g/mol. The van der Waals surface area contributed by atoms with Crippen LogP contribution in [-0.4, -0.2) is 33.3 Å². The molecule has 0 fully saturated rings. The van der Waals surface area contributed by atoms with Crippen LogP contribution in [0.1, 0.15) is 0 Å². The van der Waals surface area contributed by atoms with Crippen LogP contribution < -0.4 is 0 Å². The summed E-state index contributed by atoms with van der Waals surface area (Å²) in [5.41, 5.74) is 0. The van der Waals surface area contributed by atoms with Crippen molar-refractivity contribution in [3.63, 3.8) is 0 Å². The van der Waals surface area contributed by atoms with E-state index >= 15 is 0 Å². The summed E-state index contributed by atoms with van der Waals surface area (Å²) in [6, 6.07) is 0. The average Bonchev–Trinajstić information content (AvgIpc) is 1.84. The van der Waals surface area contributed by atoms with Crippen molar-refractivity contribution in [1.82, 2.24) is 4.31 Å². The largest absolute Gasteiger partial charge is 0.755 e. The topological polar surface area (TPSA) is 69.7 Å². The number of hydrogen-bond donors (Lipinski definition) is 0. The molecule has 1 unspecified atom stereocenters. The highest BCUT2D eigenvalue weighted by molar-refractivity contribution is 7.77. The van der Waals surface area contributed by atoms with Gasteiger partial charge in [0.15, 0.2) is 0 Å². The summed E-state index contributed by atoms with van der Waals surface area (Å²) in [7, 11) is 2.20. The van der Waals surface area contributed by atoms with Crippen molar-refractivity contribution >= 4 is 17.4 Å². The van der Waals surface area contributed by atoms with Gasteiger partial charge in [-0.25, -0.2) is 9.10 Å². The Bertz CT molecular complexity index is 136. The van der Waals surface area contributed by atoms with Crippen LogP contribution in [0.2, 0.25) is 0 Å². The molecule has 1 amide bonds. The highest BCUT2D eigenvalue weighted by Gasteiger charge is 2.06. The van der Waals surface area contributed by atoms with Crippen molar-refractivity contribution in [3.05, 3.63) is 0 Å². The first-order chi connectivity index (χ1) is 4.09. The Kier molecular flexibility index (Phi) is 3.18. The zero-order chi connectivity index (χ0) is 7.44. The van der Waals surface area contributed by atoms with Crippen LogP contribution in [0.15, 0.2) is 0 Å². The summed E-state index contributed by atoms with van der Waals surface area (Å²) in [6.07, 6.45) is -0.900. The second-order valence-corrected chi connectivity index (χ2v) is 2.17. The molecule has 0 saturated carbocycles. The molecule has 0 aliphatic heterocycles. The Balaban J connectivity index is 3.88. The molecule has 0 saturated heterocycles. The van der Waals surface area contributed by atoms with Gasteiger partial charge in [0.25, 0.3) is 0 Å². The maximum Gasteiger partial charge on any atom is 0.420 e. The fourth-order valence-corrected chi connectivity index (χ4v) is 0.386. The highest BCUT2D eigenvalue weighted by atomic mass is 32.2. The number of carbonyl (C=O) groups is 1. The number of carbonyl (C=O) groups excluding carboxylic acids is 1. The van der Waals surface area contributed by atoms with Gasteiger partial charge in [-0.2, -0.15) is 0 Å². The molecule has 0 bridgehead atoms. The standard InChI is InChI=1S/C3H7NO4S/c1-4(9(6)7)3(5)8-2/h1-2H3,(H,6,7)/p-1. The molecule has 1 atom stereocenters. The molecule has 0 rings (SSSR count). The fourth-order valence-electron chi connectivity index (χ4n) is 0.189. The molecule has 0 radical (unpaired) electrons. The Hall–Kier alpha value is -0.620. The number of ether oxygens (including phenoxy) is 1.